The van der Waals surface area contributed by atoms with Crippen LogP contribution in [0.15, 0.2) is 42.5 Å². The zero-order valence-electron chi connectivity index (χ0n) is 18.5. The highest BCUT2D eigenvalue weighted by molar-refractivity contribution is 6.42. The van der Waals surface area contributed by atoms with Gasteiger partial charge in [0, 0.05) is 12.6 Å². The van der Waals surface area contributed by atoms with E-state index in [2.05, 4.69) is 5.32 Å². The summed E-state index contributed by atoms with van der Waals surface area (Å²) >= 11 is 12.2. The predicted octanol–water partition coefficient (Wildman–Crippen LogP) is 5.40. The van der Waals surface area contributed by atoms with E-state index in [1.54, 1.807) is 23.1 Å². The first-order chi connectivity index (χ1) is 14.8. The Labute approximate surface area is 194 Å². The van der Waals surface area contributed by atoms with Crippen molar-refractivity contribution in [2.45, 2.75) is 59.2 Å². The van der Waals surface area contributed by atoms with Gasteiger partial charge in [-0.3, -0.25) is 9.59 Å². The number of rotatable bonds is 10. The van der Waals surface area contributed by atoms with Gasteiger partial charge in [0.1, 0.15) is 11.8 Å². The number of ether oxygens (including phenoxy) is 1. The van der Waals surface area contributed by atoms with Crippen LogP contribution in [0, 0.1) is 6.92 Å². The Morgan fingerprint density at radius 2 is 1.77 bits per heavy atom. The Bertz CT molecular complexity index is 904. The molecule has 0 spiro atoms. The second-order valence-corrected chi connectivity index (χ2v) is 8.38. The second kappa shape index (κ2) is 12.0. The lowest BCUT2D eigenvalue weighted by Crippen LogP contribution is -2.51. The Hall–Kier alpha value is -2.24. The van der Waals surface area contributed by atoms with Gasteiger partial charge in [-0.2, -0.15) is 0 Å². The van der Waals surface area contributed by atoms with Gasteiger partial charge in [0.2, 0.25) is 5.91 Å². The lowest BCUT2D eigenvalue weighted by Gasteiger charge is -2.31. The molecule has 0 aliphatic heterocycles. The normalized spacial score (nSPS) is 12.7. The summed E-state index contributed by atoms with van der Waals surface area (Å²) in [5.74, 6) is 0.184. The molecule has 5 nitrogen and oxygen atoms in total. The fourth-order valence-corrected chi connectivity index (χ4v) is 3.46. The zero-order chi connectivity index (χ0) is 23.0. The molecule has 168 valence electrons. The molecule has 0 radical (unpaired) electrons. The number of hydrogen-bond donors (Lipinski definition) is 1. The van der Waals surface area contributed by atoms with E-state index >= 15 is 0 Å². The number of carbonyl (C=O) groups excluding carboxylic acids is 2. The topological polar surface area (TPSA) is 58.6 Å². The molecular formula is C24H30Cl2N2O3. The van der Waals surface area contributed by atoms with E-state index in [1.807, 2.05) is 52.0 Å². The minimum atomic E-state index is -0.628. The molecule has 2 aromatic carbocycles. The number of nitrogens with zero attached hydrogens (tertiary/aromatic N) is 1. The Morgan fingerprint density at radius 3 is 2.39 bits per heavy atom. The molecule has 2 rings (SSSR count). The highest BCUT2D eigenvalue weighted by atomic mass is 35.5. The van der Waals surface area contributed by atoms with E-state index in [0.29, 0.717) is 22.2 Å². The number of hydrogen-bond acceptors (Lipinski definition) is 3. The molecule has 7 heteroatoms. The molecule has 31 heavy (non-hydrogen) atoms. The number of nitrogens with one attached hydrogen (secondary N) is 1. The summed E-state index contributed by atoms with van der Waals surface area (Å²) in [6, 6.07) is 12.1. The standard InChI is InChI=1S/C24H30Cl2N2O3/c1-5-17(4)27-24(30)21(6-2)28(14-18-11-12-19(25)20(26)13-18)23(29)15-31-22-10-8-7-9-16(22)3/h7-13,17,21H,5-6,14-15H2,1-4H3,(H,27,30)/t17-,21-/m1/s1. The van der Waals surface area contributed by atoms with Crippen LogP contribution in [-0.4, -0.2) is 35.4 Å². The minimum Gasteiger partial charge on any atom is -0.484 e. The lowest BCUT2D eigenvalue weighted by molar-refractivity contribution is -0.143. The van der Waals surface area contributed by atoms with Gasteiger partial charge in [0.05, 0.1) is 10.0 Å². The van der Waals surface area contributed by atoms with Gasteiger partial charge in [-0.1, -0.05) is 61.3 Å². The third-order valence-corrected chi connectivity index (χ3v) is 5.91. The summed E-state index contributed by atoms with van der Waals surface area (Å²) in [5, 5.41) is 3.82. The van der Waals surface area contributed by atoms with Gasteiger partial charge < -0.3 is 15.0 Å². The number of para-hydroxylation sites is 1. The van der Waals surface area contributed by atoms with E-state index in [1.165, 1.54) is 0 Å². The number of aryl methyl sites for hydroxylation is 1. The minimum absolute atomic E-state index is 0.0201. The van der Waals surface area contributed by atoms with Crippen molar-refractivity contribution in [2.75, 3.05) is 6.61 Å². The molecule has 0 unspecified atom stereocenters. The Balaban J connectivity index is 2.26. The third-order valence-electron chi connectivity index (χ3n) is 5.17. The van der Waals surface area contributed by atoms with Crippen LogP contribution in [0.3, 0.4) is 0 Å². The molecule has 0 saturated carbocycles. The summed E-state index contributed by atoms with van der Waals surface area (Å²) < 4.78 is 5.77. The van der Waals surface area contributed by atoms with E-state index < -0.39 is 6.04 Å². The average molecular weight is 465 g/mol. The molecule has 0 heterocycles. The van der Waals surface area contributed by atoms with Crippen LogP contribution >= 0.6 is 23.2 Å². The first-order valence-corrected chi connectivity index (χ1v) is 11.2. The highest BCUT2D eigenvalue weighted by Crippen LogP contribution is 2.24. The Morgan fingerprint density at radius 1 is 1.06 bits per heavy atom. The maximum Gasteiger partial charge on any atom is 0.261 e. The molecule has 0 aliphatic rings. The first-order valence-electron chi connectivity index (χ1n) is 10.5. The van der Waals surface area contributed by atoms with Crippen molar-refractivity contribution in [3.8, 4) is 5.75 Å². The predicted molar refractivity (Wildman–Crippen MR) is 126 cm³/mol. The maximum absolute atomic E-state index is 13.2. The van der Waals surface area contributed by atoms with Crippen LogP contribution < -0.4 is 10.1 Å². The average Bonchev–Trinajstić information content (AvgIpc) is 2.75. The van der Waals surface area contributed by atoms with Crippen LogP contribution in [0.25, 0.3) is 0 Å². The maximum atomic E-state index is 13.2. The van der Waals surface area contributed by atoms with Crippen molar-refractivity contribution < 1.29 is 14.3 Å². The van der Waals surface area contributed by atoms with Gasteiger partial charge in [0.15, 0.2) is 6.61 Å². The van der Waals surface area contributed by atoms with E-state index in [-0.39, 0.29) is 31.0 Å². The molecule has 0 aromatic heterocycles. The van der Waals surface area contributed by atoms with Gasteiger partial charge >= 0.3 is 0 Å². The van der Waals surface area contributed by atoms with Crippen LogP contribution in [0.1, 0.15) is 44.7 Å². The van der Waals surface area contributed by atoms with Crippen molar-refractivity contribution in [1.82, 2.24) is 10.2 Å². The van der Waals surface area contributed by atoms with Crippen molar-refractivity contribution in [2.24, 2.45) is 0 Å². The van der Waals surface area contributed by atoms with Crippen molar-refractivity contribution in [3.63, 3.8) is 0 Å². The zero-order valence-corrected chi connectivity index (χ0v) is 20.0. The molecule has 1 N–H and O–H groups in total. The van der Waals surface area contributed by atoms with E-state index in [9.17, 15) is 9.59 Å². The third kappa shape index (κ3) is 7.15. The van der Waals surface area contributed by atoms with E-state index in [4.69, 9.17) is 27.9 Å². The summed E-state index contributed by atoms with van der Waals surface area (Å²) in [7, 11) is 0. The second-order valence-electron chi connectivity index (χ2n) is 7.57. The summed E-state index contributed by atoms with van der Waals surface area (Å²) in [4.78, 5) is 27.7. The summed E-state index contributed by atoms with van der Waals surface area (Å²) in [5.41, 5.74) is 1.72. The molecule has 2 amide bonds. The van der Waals surface area contributed by atoms with Crippen molar-refractivity contribution in [1.29, 1.82) is 0 Å². The highest BCUT2D eigenvalue weighted by Gasteiger charge is 2.29. The van der Waals surface area contributed by atoms with E-state index in [0.717, 1.165) is 17.5 Å². The molecule has 0 saturated heterocycles. The van der Waals surface area contributed by atoms with Gasteiger partial charge in [-0.25, -0.2) is 0 Å². The number of halogens is 2. The monoisotopic (exact) mass is 464 g/mol. The van der Waals surface area contributed by atoms with Gasteiger partial charge in [-0.15, -0.1) is 0 Å². The van der Waals surface area contributed by atoms with Crippen LogP contribution in [-0.2, 0) is 16.1 Å². The molecule has 0 bridgehead atoms. The number of benzene rings is 2. The van der Waals surface area contributed by atoms with Crippen LogP contribution in [0.5, 0.6) is 5.75 Å². The fourth-order valence-electron chi connectivity index (χ4n) is 3.14. The molecule has 0 fully saturated rings. The van der Waals surface area contributed by atoms with Gasteiger partial charge in [-0.05, 0) is 56.0 Å². The number of carbonyl (C=O) groups is 2. The summed E-state index contributed by atoms with van der Waals surface area (Å²) in [6.07, 6.45) is 1.28. The largest absolute Gasteiger partial charge is 0.484 e. The van der Waals surface area contributed by atoms with Crippen molar-refractivity contribution in [3.05, 3.63) is 63.6 Å². The number of amides is 2. The molecular weight excluding hydrogens is 435 g/mol. The first kappa shape index (κ1) is 25.0. The lowest BCUT2D eigenvalue weighted by atomic mass is 10.1. The molecule has 0 aliphatic carbocycles. The summed E-state index contributed by atoms with van der Waals surface area (Å²) in [6.45, 7) is 7.80. The van der Waals surface area contributed by atoms with Crippen molar-refractivity contribution >= 4 is 35.0 Å². The quantitative estimate of drug-likeness (QED) is 0.511. The SMILES string of the molecule is CC[C@@H](C)NC(=O)[C@@H](CC)N(Cc1ccc(Cl)c(Cl)c1)C(=O)COc1ccccc1C. The Kier molecular flexibility index (Phi) is 9.66. The van der Waals surface area contributed by atoms with Crippen LogP contribution in [0.2, 0.25) is 10.0 Å². The molecule has 2 atom stereocenters. The molecule has 2 aromatic rings. The smallest absolute Gasteiger partial charge is 0.261 e. The van der Waals surface area contributed by atoms with Gasteiger partial charge in [0.25, 0.3) is 5.91 Å². The van der Waals surface area contributed by atoms with Crippen LogP contribution in [0.4, 0.5) is 0 Å². The fraction of sp³-hybridized carbons (Fsp3) is 0.417.